The number of carbonyl (C=O) groups excluding carboxylic acids is 4. The SMILES string of the molecule is CC(NC(=O)C(CCCCN)NC(=O)C(Cc1ccccc1)NC(=O)C(O)Cc1ccccc1)C(N)=O. The van der Waals surface area contributed by atoms with Gasteiger partial charge in [-0.25, -0.2) is 0 Å². The Morgan fingerprint density at radius 2 is 1.27 bits per heavy atom. The van der Waals surface area contributed by atoms with E-state index in [2.05, 4.69) is 16.0 Å². The molecule has 0 spiro atoms. The molecule has 2 aromatic carbocycles. The van der Waals surface area contributed by atoms with Crippen molar-refractivity contribution in [2.24, 2.45) is 11.5 Å². The van der Waals surface area contributed by atoms with Crippen LogP contribution in [0, 0.1) is 0 Å². The van der Waals surface area contributed by atoms with Crippen molar-refractivity contribution in [1.29, 1.82) is 0 Å². The Balaban J connectivity index is 2.17. The second-order valence-corrected chi connectivity index (χ2v) is 8.93. The third kappa shape index (κ3) is 10.4. The Labute approximate surface area is 217 Å². The van der Waals surface area contributed by atoms with Crippen LogP contribution in [0.2, 0.25) is 0 Å². The van der Waals surface area contributed by atoms with Gasteiger partial charge < -0.3 is 32.5 Å². The molecule has 200 valence electrons. The average Bonchev–Trinajstić information content (AvgIpc) is 2.88. The standard InChI is InChI=1S/C27H37N5O5/c1-18(24(29)34)30-25(35)21(14-8-9-15-28)31-26(36)22(16-19-10-4-2-5-11-19)32-27(37)23(33)17-20-12-6-3-7-13-20/h2-7,10-13,18,21-23,33H,8-9,14-17,28H2,1H3,(H2,29,34)(H,30,35)(H,31,36)(H,32,37). The van der Waals surface area contributed by atoms with Crippen molar-refractivity contribution in [1.82, 2.24) is 16.0 Å². The normalized spacial score (nSPS) is 14.0. The quantitative estimate of drug-likeness (QED) is 0.182. The van der Waals surface area contributed by atoms with Gasteiger partial charge in [-0.05, 0) is 43.9 Å². The Morgan fingerprint density at radius 1 is 0.757 bits per heavy atom. The van der Waals surface area contributed by atoms with Crippen molar-refractivity contribution in [3.05, 3.63) is 71.8 Å². The van der Waals surface area contributed by atoms with E-state index in [1.54, 1.807) is 24.3 Å². The highest BCUT2D eigenvalue weighted by molar-refractivity contribution is 5.94. The summed E-state index contributed by atoms with van der Waals surface area (Å²) in [6.45, 7) is 1.87. The van der Waals surface area contributed by atoms with Crippen molar-refractivity contribution < 1.29 is 24.3 Å². The summed E-state index contributed by atoms with van der Waals surface area (Å²) in [4.78, 5) is 50.4. The summed E-state index contributed by atoms with van der Waals surface area (Å²) < 4.78 is 0. The highest BCUT2D eigenvalue weighted by Crippen LogP contribution is 2.08. The minimum absolute atomic E-state index is 0.0848. The molecule has 37 heavy (non-hydrogen) atoms. The van der Waals surface area contributed by atoms with Gasteiger partial charge in [0.15, 0.2) is 0 Å². The third-order valence-corrected chi connectivity index (χ3v) is 5.86. The second kappa shape index (κ2) is 15.4. The first-order valence-electron chi connectivity index (χ1n) is 12.4. The van der Waals surface area contributed by atoms with E-state index < -0.39 is 47.9 Å². The number of benzene rings is 2. The van der Waals surface area contributed by atoms with Crippen molar-refractivity contribution in [3.8, 4) is 0 Å². The lowest BCUT2D eigenvalue weighted by Crippen LogP contribution is -2.57. The van der Waals surface area contributed by atoms with Crippen LogP contribution in [0.25, 0.3) is 0 Å². The number of hydrogen-bond acceptors (Lipinski definition) is 6. The van der Waals surface area contributed by atoms with Gasteiger partial charge >= 0.3 is 0 Å². The number of carbonyl (C=O) groups is 4. The van der Waals surface area contributed by atoms with E-state index >= 15 is 0 Å². The Morgan fingerprint density at radius 3 is 1.81 bits per heavy atom. The zero-order chi connectivity index (χ0) is 27.2. The molecule has 0 aliphatic carbocycles. The first-order chi connectivity index (χ1) is 17.7. The van der Waals surface area contributed by atoms with Crippen molar-refractivity contribution in [2.75, 3.05) is 6.54 Å². The van der Waals surface area contributed by atoms with Gasteiger partial charge in [-0.1, -0.05) is 60.7 Å². The fourth-order valence-corrected chi connectivity index (χ4v) is 3.68. The molecule has 0 saturated carbocycles. The Kier molecular flexibility index (Phi) is 12.2. The second-order valence-electron chi connectivity index (χ2n) is 8.93. The summed E-state index contributed by atoms with van der Waals surface area (Å²) in [6, 6.07) is 15.2. The van der Waals surface area contributed by atoms with Gasteiger partial charge in [-0.2, -0.15) is 0 Å². The van der Waals surface area contributed by atoms with Gasteiger partial charge in [0.2, 0.25) is 23.6 Å². The third-order valence-electron chi connectivity index (χ3n) is 5.86. The molecule has 0 heterocycles. The number of unbranched alkanes of at least 4 members (excludes halogenated alkanes) is 1. The number of primary amides is 1. The predicted molar refractivity (Wildman–Crippen MR) is 140 cm³/mol. The van der Waals surface area contributed by atoms with Gasteiger partial charge in [-0.3, -0.25) is 19.2 Å². The molecule has 8 N–H and O–H groups in total. The van der Waals surface area contributed by atoms with Gasteiger partial charge in [0.05, 0.1) is 0 Å². The molecular formula is C27H37N5O5. The maximum Gasteiger partial charge on any atom is 0.249 e. The number of aliphatic hydroxyl groups excluding tert-OH is 1. The van der Waals surface area contributed by atoms with Gasteiger partial charge in [0.1, 0.15) is 24.2 Å². The number of nitrogens with one attached hydrogen (secondary N) is 3. The molecule has 4 unspecified atom stereocenters. The summed E-state index contributed by atoms with van der Waals surface area (Å²) >= 11 is 0. The molecule has 2 rings (SSSR count). The highest BCUT2D eigenvalue weighted by atomic mass is 16.3. The van der Waals surface area contributed by atoms with Crippen molar-refractivity contribution >= 4 is 23.6 Å². The number of aliphatic hydroxyl groups is 1. The molecule has 10 nitrogen and oxygen atoms in total. The van der Waals surface area contributed by atoms with Crippen LogP contribution in [-0.2, 0) is 32.0 Å². The van der Waals surface area contributed by atoms with Crippen LogP contribution in [0.15, 0.2) is 60.7 Å². The van der Waals surface area contributed by atoms with Crippen LogP contribution in [0.3, 0.4) is 0 Å². The Hall–Kier alpha value is -3.76. The Bertz CT molecular complexity index is 1020. The number of hydrogen-bond donors (Lipinski definition) is 6. The molecule has 0 fully saturated rings. The molecule has 2 aromatic rings. The van der Waals surface area contributed by atoms with Gasteiger partial charge in [-0.15, -0.1) is 0 Å². The molecule has 0 aliphatic rings. The summed E-state index contributed by atoms with van der Waals surface area (Å²) in [5.74, 6) is -2.57. The summed E-state index contributed by atoms with van der Waals surface area (Å²) in [6.07, 6.45) is 0.343. The van der Waals surface area contributed by atoms with Crippen LogP contribution >= 0.6 is 0 Å². The van der Waals surface area contributed by atoms with E-state index in [9.17, 15) is 24.3 Å². The highest BCUT2D eigenvalue weighted by Gasteiger charge is 2.29. The van der Waals surface area contributed by atoms with Crippen LogP contribution in [0.1, 0.15) is 37.3 Å². The first kappa shape index (κ1) is 29.5. The molecule has 4 atom stereocenters. The zero-order valence-electron chi connectivity index (χ0n) is 21.1. The predicted octanol–water partition coefficient (Wildman–Crippen LogP) is -0.0787. The van der Waals surface area contributed by atoms with E-state index in [4.69, 9.17) is 11.5 Å². The van der Waals surface area contributed by atoms with E-state index in [0.29, 0.717) is 19.4 Å². The van der Waals surface area contributed by atoms with Gasteiger partial charge in [0, 0.05) is 12.8 Å². The van der Waals surface area contributed by atoms with Crippen molar-refractivity contribution in [2.45, 2.75) is 63.3 Å². The zero-order valence-corrected chi connectivity index (χ0v) is 21.1. The summed E-state index contributed by atoms with van der Waals surface area (Å²) in [5.41, 5.74) is 12.4. The smallest absolute Gasteiger partial charge is 0.249 e. The fraction of sp³-hybridized carbons (Fsp3) is 0.407. The first-order valence-corrected chi connectivity index (χ1v) is 12.4. The lowest BCUT2D eigenvalue weighted by atomic mass is 10.0. The lowest BCUT2D eigenvalue weighted by molar-refractivity contribution is -0.135. The minimum atomic E-state index is -1.37. The van der Waals surface area contributed by atoms with E-state index in [0.717, 1.165) is 11.1 Å². The molecule has 10 heteroatoms. The monoisotopic (exact) mass is 511 g/mol. The molecule has 4 amide bonds. The summed E-state index contributed by atoms with van der Waals surface area (Å²) in [7, 11) is 0. The molecular weight excluding hydrogens is 474 g/mol. The average molecular weight is 512 g/mol. The fourth-order valence-electron chi connectivity index (χ4n) is 3.68. The maximum atomic E-state index is 13.3. The molecule has 0 saturated heterocycles. The molecule has 0 bridgehead atoms. The van der Waals surface area contributed by atoms with Crippen LogP contribution in [0.5, 0.6) is 0 Å². The number of rotatable bonds is 15. The lowest BCUT2D eigenvalue weighted by Gasteiger charge is -2.25. The van der Waals surface area contributed by atoms with Crippen LogP contribution < -0.4 is 27.4 Å². The van der Waals surface area contributed by atoms with E-state index in [1.165, 1.54) is 6.92 Å². The van der Waals surface area contributed by atoms with Crippen molar-refractivity contribution in [3.63, 3.8) is 0 Å². The largest absolute Gasteiger partial charge is 0.383 e. The topological polar surface area (TPSA) is 177 Å². The number of amides is 4. The molecule has 0 aliphatic heterocycles. The number of nitrogens with two attached hydrogens (primary N) is 2. The molecule has 0 radical (unpaired) electrons. The summed E-state index contributed by atoms with van der Waals surface area (Å²) in [5, 5.41) is 18.3. The van der Waals surface area contributed by atoms with E-state index in [1.807, 2.05) is 36.4 Å². The van der Waals surface area contributed by atoms with Crippen LogP contribution in [-0.4, -0.2) is 59.5 Å². The van der Waals surface area contributed by atoms with Gasteiger partial charge in [0.25, 0.3) is 0 Å². The van der Waals surface area contributed by atoms with Crippen LogP contribution in [0.4, 0.5) is 0 Å². The minimum Gasteiger partial charge on any atom is -0.383 e. The van der Waals surface area contributed by atoms with E-state index in [-0.39, 0.29) is 19.3 Å². The maximum absolute atomic E-state index is 13.3. The molecule has 0 aromatic heterocycles.